The molecule has 246 valence electrons. The molecule has 10 aromatic carbocycles. The molecule has 0 atom stereocenters. The highest BCUT2D eigenvalue weighted by Gasteiger charge is 2.21. The van der Waals surface area contributed by atoms with E-state index in [0.29, 0.717) is 0 Å². The topological polar surface area (TPSA) is 4.93 Å². The van der Waals surface area contributed by atoms with Crippen molar-refractivity contribution in [3.63, 3.8) is 0 Å². The zero-order valence-electron chi connectivity index (χ0n) is 29.0. The molecule has 0 saturated carbocycles. The first-order valence-corrected chi connectivity index (χ1v) is 18.3. The molecular formula is C52H33N. The van der Waals surface area contributed by atoms with Gasteiger partial charge in [-0.2, -0.15) is 0 Å². The molecule has 1 heteroatoms. The minimum absolute atomic E-state index is 1.17. The number of fused-ring (bicyclic) bond motifs is 4. The molecule has 53 heavy (non-hydrogen) atoms. The Morgan fingerprint density at radius 2 is 0.755 bits per heavy atom. The van der Waals surface area contributed by atoms with Crippen molar-refractivity contribution in [1.82, 2.24) is 4.57 Å². The maximum Gasteiger partial charge on any atom is 0.0620 e. The Bertz CT molecular complexity index is 3000. The SMILES string of the molecule is c1ccc(-c2ccc(-c3cc(-c4ccc(-c5ccccc5)cc4)c4ccc5c6c(ccc3c46)cc3c4ccccc4n(-c4ccccc4)c35)cc2)cc1. The molecule has 0 bridgehead atoms. The smallest absolute Gasteiger partial charge is 0.0620 e. The molecule has 1 aromatic heterocycles. The number of rotatable bonds is 5. The molecular weight excluding hydrogens is 639 g/mol. The number of nitrogens with zero attached hydrogens (tertiary/aromatic N) is 1. The third kappa shape index (κ3) is 4.64. The fraction of sp³-hybridized carbons (Fsp3) is 0. The van der Waals surface area contributed by atoms with E-state index in [-0.39, 0.29) is 0 Å². The molecule has 0 spiro atoms. The van der Waals surface area contributed by atoms with Crippen LogP contribution in [0.3, 0.4) is 0 Å². The Balaban J connectivity index is 1.22. The van der Waals surface area contributed by atoms with E-state index in [9.17, 15) is 0 Å². The van der Waals surface area contributed by atoms with Crippen LogP contribution in [0.1, 0.15) is 0 Å². The molecule has 0 aliphatic heterocycles. The van der Waals surface area contributed by atoms with Gasteiger partial charge in [-0.25, -0.2) is 0 Å². The third-order valence-electron chi connectivity index (χ3n) is 11.2. The monoisotopic (exact) mass is 671 g/mol. The molecule has 11 rings (SSSR count). The molecule has 0 aliphatic rings. The Hall–Kier alpha value is -6.96. The Morgan fingerprint density at radius 3 is 1.36 bits per heavy atom. The molecule has 0 saturated heterocycles. The maximum absolute atomic E-state index is 2.46. The molecule has 0 N–H and O–H groups in total. The minimum Gasteiger partial charge on any atom is -0.309 e. The first-order chi connectivity index (χ1) is 26.3. The first-order valence-electron chi connectivity index (χ1n) is 18.3. The van der Waals surface area contributed by atoms with E-state index in [1.54, 1.807) is 0 Å². The van der Waals surface area contributed by atoms with Crippen LogP contribution < -0.4 is 0 Å². The summed E-state index contributed by atoms with van der Waals surface area (Å²) < 4.78 is 2.46. The molecule has 1 heterocycles. The summed E-state index contributed by atoms with van der Waals surface area (Å²) in [5.74, 6) is 0. The minimum atomic E-state index is 1.17. The molecule has 1 nitrogen and oxygen atoms in total. The second-order valence-electron chi connectivity index (χ2n) is 14.1. The average molecular weight is 672 g/mol. The van der Waals surface area contributed by atoms with Gasteiger partial charge in [-0.05, 0) is 102 Å². The van der Waals surface area contributed by atoms with Crippen molar-refractivity contribution in [1.29, 1.82) is 0 Å². The fourth-order valence-electron chi connectivity index (χ4n) is 8.69. The lowest BCUT2D eigenvalue weighted by Gasteiger charge is -2.19. The summed E-state index contributed by atoms with van der Waals surface area (Å²) in [7, 11) is 0. The van der Waals surface area contributed by atoms with E-state index in [0.717, 1.165) is 0 Å². The second kappa shape index (κ2) is 11.8. The number of para-hydroxylation sites is 2. The van der Waals surface area contributed by atoms with E-state index < -0.39 is 0 Å². The van der Waals surface area contributed by atoms with Crippen LogP contribution in [0.5, 0.6) is 0 Å². The van der Waals surface area contributed by atoms with Crippen molar-refractivity contribution in [3.8, 4) is 50.2 Å². The van der Waals surface area contributed by atoms with Crippen LogP contribution in [-0.4, -0.2) is 4.57 Å². The van der Waals surface area contributed by atoms with Gasteiger partial charge in [0.1, 0.15) is 0 Å². The Kier molecular flexibility index (Phi) is 6.62. The van der Waals surface area contributed by atoms with Gasteiger partial charge in [0.2, 0.25) is 0 Å². The summed E-state index contributed by atoms with van der Waals surface area (Å²) in [5, 5.41) is 10.3. The summed E-state index contributed by atoms with van der Waals surface area (Å²) in [5.41, 5.74) is 13.5. The summed E-state index contributed by atoms with van der Waals surface area (Å²) >= 11 is 0. The van der Waals surface area contributed by atoms with Gasteiger partial charge in [0, 0.05) is 21.8 Å². The summed E-state index contributed by atoms with van der Waals surface area (Å²) in [6.07, 6.45) is 0. The second-order valence-corrected chi connectivity index (χ2v) is 14.1. The van der Waals surface area contributed by atoms with Gasteiger partial charge in [-0.3, -0.25) is 0 Å². The van der Waals surface area contributed by atoms with E-state index in [4.69, 9.17) is 0 Å². The van der Waals surface area contributed by atoms with Crippen LogP contribution in [0.25, 0.3) is 104 Å². The average Bonchev–Trinajstić information content (AvgIpc) is 3.58. The Labute approximate surface area is 308 Å². The lowest BCUT2D eigenvalue weighted by molar-refractivity contribution is 1.19. The Morgan fingerprint density at radius 1 is 0.283 bits per heavy atom. The van der Waals surface area contributed by atoms with Crippen molar-refractivity contribution >= 4 is 54.1 Å². The highest BCUT2D eigenvalue weighted by Crippen LogP contribution is 2.47. The van der Waals surface area contributed by atoms with Crippen molar-refractivity contribution < 1.29 is 0 Å². The predicted molar refractivity (Wildman–Crippen MR) is 226 cm³/mol. The number of hydrogen-bond donors (Lipinski definition) is 0. The van der Waals surface area contributed by atoms with Crippen LogP contribution in [-0.2, 0) is 0 Å². The maximum atomic E-state index is 2.46. The van der Waals surface area contributed by atoms with Crippen molar-refractivity contribution in [2.75, 3.05) is 0 Å². The molecule has 0 amide bonds. The molecule has 0 radical (unpaired) electrons. The van der Waals surface area contributed by atoms with Gasteiger partial charge in [0.05, 0.1) is 11.0 Å². The molecule has 0 fully saturated rings. The number of aromatic nitrogens is 1. The number of benzene rings is 10. The molecule has 11 aromatic rings. The van der Waals surface area contributed by atoms with Gasteiger partial charge in [0.25, 0.3) is 0 Å². The van der Waals surface area contributed by atoms with E-state index in [1.807, 2.05) is 0 Å². The van der Waals surface area contributed by atoms with Crippen LogP contribution in [0, 0.1) is 0 Å². The lowest BCUT2D eigenvalue weighted by atomic mass is 9.84. The van der Waals surface area contributed by atoms with Gasteiger partial charge < -0.3 is 4.57 Å². The third-order valence-corrected chi connectivity index (χ3v) is 11.2. The largest absolute Gasteiger partial charge is 0.309 e. The van der Waals surface area contributed by atoms with Crippen LogP contribution in [0.15, 0.2) is 200 Å². The lowest BCUT2D eigenvalue weighted by Crippen LogP contribution is -1.95. The quantitative estimate of drug-likeness (QED) is 0.161. The first kappa shape index (κ1) is 29.7. The highest BCUT2D eigenvalue weighted by atomic mass is 15.0. The molecule has 0 aliphatic carbocycles. The zero-order valence-corrected chi connectivity index (χ0v) is 29.0. The van der Waals surface area contributed by atoms with Gasteiger partial charge in [-0.1, -0.05) is 170 Å². The van der Waals surface area contributed by atoms with Gasteiger partial charge in [0.15, 0.2) is 0 Å². The van der Waals surface area contributed by atoms with Gasteiger partial charge in [-0.15, -0.1) is 0 Å². The fourth-order valence-corrected chi connectivity index (χ4v) is 8.69. The summed E-state index contributed by atoms with van der Waals surface area (Å²) in [4.78, 5) is 0. The van der Waals surface area contributed by atoms with Crippen molar-refractivity contribution in [3.05, 3.63) is 200 Å². The summed E-state index contributed by atoms with van der Waals surface area (Å²) in [6, 6.07) is 73.4. The van der Waals surface area contributed by atoms with E-state index in [2.05, 4.69) is 205 Å². The van der Waals surface area contributed by atoms with Gasteiger partial charge >= 0.3 is 0 Å². The van der Waals surface area contributed by atoms with Crippen LogP contribution >= 0.6 is 0 Å². The van der Waals surface area contributed by atoms with E-state index in [1.165, 1.54) is 104 Å². The summed E-state index contributed by atoms with van der Waals surface area (Å²) in [6.45, 7) is 0. The zero-order chi connectivity index (χ0) is 34.9. The van der Waals surface area contributed by atoms with Crippen LogP contribution in [0.4, 0.5) is 0 Å². The van der Waals surface area contributed by atoms with Crippen LogP contribution in [0.2, 0.25) is 0 Å². The highest BCUT2D eigenvalue weighted by molar-refractivity contribution is 6.34. The number of hydrogen-bond acceptors (Lipinski definition) is 0. The molecule has 0 unspecified atom stereocenters. The standard InChI is InChI=1S/C52H33N/c1-4-12-34(13-5-1)36-20-24-38(25-21-36)46-33-47(39-26-22-37(23-27-39)35-14-6-2-7-15-35)44-30-31-45-50-40(28-29-43(46)51(44)50)32-48-42-18-10-11-19-49(42)53(52(45)48)41-16-8-3-9-17-41/h1-33H. The van der Waals surface area contributed by atoms with E-state index >= 15 is 0 Å². The predicted octanol–water partition coefficient (Wildman–Crippen LogP) is 14.3. The van der Waals surface area contributed by atoms with Crippen molar-refractivity contribution in [2.45, 2.75) is 0 Å². The van der Waals surface area contributed by atoms with Crippen molar-refractivity contribution in [2.24, 2.45) is 0 Å². The normalized spacial score (nSPS) is 11.8.